The van der Waals surface area contributed by atoms with Crippen molar-refractivity contribution in [2.75, 3.05) is 11.5 Å². The van der Waals surface area contributed by atoms with Crippen molar-refractivity contribution in [3.05, 3.63) is 42.5 Å². The summed E-state index contributed by atoms with van der Waals surface area (Å²) in [6.45, 7) is 0. The SMILES string of the molecule is O=S1(=O)CCC(n2ccnc2-c2ccccc2F)CC1. The summed E-state index contributed by atoms with van der Waals surface area (Å²) in [6.07, 6.45) is 4.54. The molecule has 0 aliphatic carbocycles. The summed E-state index contributed by atoms with van der Waals surface area (Å²) < 4.78 is 38.7. The Labute approximate surface area is 117 Å². The zero-order valence-corrected chi connectivity index (χ0v) is 11.7. The van der Waals surface area contributed by atoms with Crippen molar-refractivity contribution in [2.45, 2.75) is 18.9 Å². The van der Waals surface area contributed by atoms with Gasteiger partial charge in [-0.25, -0.2) is 17.8 Å². The first-order valence-corrected chi connectivity index (χ1v) is 8.37. The van der Waals surface area contributed by atoms with E-state index in [9.17, 15) is 12.8 Å². The second-order valence-corrected chi connectivity index (χ2v) is 7.32. The Hall–Kier alpha value is -1.69. The Morgan fingerprint density at radius 1 is 1.20 bits per heavy atom. The predicted octanol–water partition coefficient (Wildman–Crippen LogP) is 2.44. The minimum Gasteiger partial charge on any atom is -0.328 e. The average Bonchev–Trinajstić information content (AvgIpc) is 2.88. The van der Waals surface area contributed by atoms with E-state index in [2.05, 4.69) is 4.98 Å². The van der Waals surface area contributed by atoms with Crippen LogP contribution in [0.2, 0.25) is 0 Å². The van der Waals surface area contributed by atoms with Gasteiger partial charge in [0.1, 0.15) is 21.5 Å². The van der Waals surface area contributed by atoms with Gasteiger partial charge in [-0.3, -0.25) is 0 Å². The Morgan fingerprint density at radius 2 is 1.90 bits per heavy atom. The minimum absolute atomic E-state index is 0.0654. The van der Waals surface area contributed by atoms with Crippen molar-refractivity contribution < 1.29 is 12.8 Å². The van der Waals surface area contributed by atoms with Gasteiger partial charge in [-0.15, -0.1) is 0 Å². The maximum atomic E-state index is 13.9. The lowest BCUT2D eigenvalue weighted by molar-refractivity contribution is 0.452. The zero-order chi connectivity index (χ0) is 14.2. The van der Waals surface area contributed by atoms with Gasteiger partial charge in [0, 0.05) is 18.4 Å². The van der Waals surface area contributed by atoms with Crippen LogP contribution in [0, 0.1) is 5.82 Å². The first kappa shape index (κ1) is 13.3. The molecule has 0 radical (unpaired) electrons. The van der Waals surface area contributed by atoms with Crippen molar-refractivity contribution >= 4 is 9.84 Å². The lowest BCUT2D eigenvalue weighted by Gasteiger charge is -2.25. The number of sulfone groups is 1. The molecule has 1 aromatic heterocycles. The Bertz CT molecular complexity index is 710. The number of benzene rings is 1. The molecule has 1 fully saturated rings. The summed E-state index contributed by atoms with van der Waals surface area (Å²) in [5.74, 6) is 0.620. The van der Waals surface area contributed by atoms with Crippen LogP contribution >= 0.6 is 0 Å². The van der Waals surface area contributed by atoms with Crippen molar-refractivity contribution in [3.8, 4) is 11.4 Å². The van der Waals surface area contributed by atoms with Crippen LogP contribution in [0.1, 0.15) is 18.9 Å². The van der Waals surface area contributed by atoms with Crippen LogP contribution in [0.5, 0.6) is 0 Å². The van der Waals surface area contributed by atoms with Crippen LogP contribution in [-0.4, -0.2) is 29.5 Å². The molecule has 0 bridgehead atoms. The van der Waals surface area contributed by atoms with E-state index in [1.807, 2.05) is 4.57 Å². The third-order valence-corrected chi connectivity index (χ3v) is 5.42. The predicted molar refractivity (Wildman–Crippen MR) is 74.5 cm³/mol. The monoisotopic (exact) mass is 294 g/mol. The van der Waals surface area contributed by atoms with Gasteiger partial charge in [0.2, 0.25) is 0 Å². The number of rotatable bonds is 2. The Balaban J connectivity index is 1.94. The molecule has 1 saturated heterocycles. The van der Waals surface area contributed by atoms with Crippen LogP contribution in [0.3, 0.4) is 0 Å². The highest BCUT2D eigenvalue weighted by Gasteiger charge is 2.26. The molecule has 20 heavy (non-hydrogen) atoms. The third kappa shape index (κ3) is 2.47. The fourth-order valence-electron chi connectivity index (χ4n) is 2.61. The summed E-state index contributed by atoms with van der Waals surface area (Å²) >= 11 is 0. The van der Waals surface area contributed by atoms with Crippen LogP contribution < -0.4 is 0 Å². The quantitative estimate of drug-likeness (QED) is 0.855. The average molecular weight is 294 g/mol. The molecule has 1 aliphatic heterocycles. The molecule has 0 unspecified atom stereocenters. The normalized spacial score (nSPS) is 19.1. The number of hydrogen-bond donors (Lipinski definition) is 0. The molecule has 0 amide bonds. The second-order valence-electron chi connectivity index (χ2n) is 5.02. The highest BCUT2D eigenvalue weighted by atomic mass is 32.2. The molecule has 0 N–H and O–H groups in total. The van der Waals surface area contributed by atoms with E-state index < -0.39 is 9.84 Å². The molecule has 2 aromatic rings. The van der Waals surface area contributed by atoms with E-state index in [0.717, 1.165) is 0 Å². The zero-order valence-electron chi connectivity index (χ0n) is 10.9. The molecular formula is C14H15FN2O2S. The molecule has 1 aliphatic rings. The van der Waals surface area contributed by atoms with Gasteiger partial charge in [0.05, 0.1) is 17.1 Å². The molecule has 3 rings (SSSR count). The molecular weight excluding hydrogens is 279 g/mol. The molecule has 4 nitrogen and oxygen atoms in total. The van der Waals surface area contributed by atoms with E-state index in [-0.39, 0.29) is 23.4 Å². The molecule has 0 saturated carbocycles. The maximum absolute atomic E-state index is 13.9. The Morgan fingerprint density at radius 3 is 2.60 bits per heavy atom. The first-order chi connectivity index (χ1) is 9.57. The van der Waals surface area contributed by atoms with Gasteiger partial charge in [0.25, 0.3) is 0 Å². The van der Waals surface area contributed by atoms with Crippen molar-refractivity contribution in [1.82, 2.24) is 9.55 Å². The highest BCUT2D eigenvalue weighted by Crippen LogP contribution is 2.29. The van der Waals surface area contributed by atoms with Gasteiger partial charge < -0.3 is 4.57 Å². The van der Waals surface area contributed by atoms with E-state index in [4.69, 9.17) is 0 Å². The van der Waals surface area contributed by atoms with Crippen LogP contribution in [0.4, 0.5) is 4.39 Å². The maximum Gasteiger partial charge on any atom is 0.150 e. The van der Waals surface area contributed by atoms with E-state index in [0.29, 0.717) is 24.2 Å². The number of aromatic nitrogens is 2. The largest absolute Gasteiger partial charge is 0.328 e. The molecule has 6 heteroatoms. The molecule has 2 heterocycles. The minimum atomic E-state index is -2.90. The molecule has 106 valence electrons. The first-order valence-electron chi connectivity index (χ1n) is 6.55. The summed E-state index contributed by atoms with van der Waals surface area (Å²) in [5, 5.41) is 0. The van der Waals surface area contributed by atoms with Gasteiger partial charge >= 0.3 is 0 Å². The number of nitrogens with zero attached hydrogens (tertiary/aromatic N) is 2. The smallest absolute Gasteiger partial charge is 0.150 e. The second kappa shape index (κ2) is 5.01. The molecule has 1 aromatic carbocycles. The standard InChI is InChI=1S/C14H15FN2O2S/c15-13-4-2-1-3-12(13)14-16-7-8-17(14)11-5-9-20(18,19)10-6-11/h1-4,7-8,11H,5-6,9-10H2. The lowest BCUT2D eigenvalue weighted by atomic mass is 10.1. The fourth-order valence-corrected chi connectivity index (χ4v) is 4.08. The lowest BCUT2D eigenvalue weighted by Crippen LogP contribution is -2.25. The van der Waals surface area contributed by atoms with Gasteiger partial charge in [-0.2, -0.15) is 0 Å². The summed E-state index contributed by atoms with van der Waals surface area (Å²) in [6, 6.07) is 6.56. The summed E-state index contributed by atoms with van der Waals surface area (Å²) in [5.41, 5.74) is 0.450. The summed E-state index contributed by atoms with van der Waals surface area (Å²) in [4.78, 5) is 4.23. The van der Waals surface area contributed by atoms with Gasteiger partial charge in [-0.1, -0.05) is 12.1 Å². The van der Waals surface area contributed by atoms with Crippen molar-refractivity contribution in [2.24, 2.45) is 0 Å². The molecule has 0 atom stereocenters. The third-order valence-electron chi connectivity index (χ3n) is 3.70. The van der Waals surface area contributed by atoms with Crippen LogP contribution in [-0.2, 0) is 9.84 Å². The number of hydrogen-bond acceptors (Lipinski definition) is 3. The van der Waals surface area contributed by atoms with E-state index in [1.165, 1.54) is 6.07 Å². The Kier molecular flexibility index (Phi) is 3.33. The molecule has 0 spiro atoms. The van der Waals surface area contributed by atoms with Crippen molar-refractivity contribution in [1.29, 1.82) is 0 Å². The van der Waals surface area contributed by atoms with Crippen molar-refractivity contribution in [3.63, 3.8) is 0 Å². The summed E-state index contributed by atoms with van der Waals surface area (Å²) in [7, 11) is -2.90. The fraction of sp³-hybridized carbons (Fsp3) is 0.357. The topological polar surface area (TPSA) is 52.0 Å². The number of halogens is 1. The van der Waals surface area contributed by atoms with Crippen LogP contribution in [0.25, 0.3) is 11.4 Å². The van der Waals surface area contributed by atoms with E-state index >= 15 is 0 Å². The van der Waals surface area contributed by atoms with E-state index in [1.54, 1.807) is 30.6 Å². The van der Waals surface area contributed by atoms with Gasteiger partial charge in [0.15, 0.2) is 0 Å². The number of imidazole rings is 1. The van der Waals surface area contributed by atoms with Gasteiger partial charge in [-0.05, 0) is 25.0 Å². The highest BCUT2D eigenvalue weighted by molar-refractivity contribution is 7.91. The van der Waals surface area contributed by atoms with Crippen LogP contribution in [0.15, 0.2) is 36.7 Å².